The lowest BCUT2D eigenvalue weighted by Crippen LogP contribution is -2.30. The van der Waals surface area contributed by atoms with Gasteiger partial charge in [0.05, 0.1) is 6.54 Å². The third-order valence-electron chi connectivity index (χ3n) is 1.87. The number of hydrogen-bond donors (Lipinski definition) is 2. The van der Waals surface area contributed by atoms with Gasteiger partial charge in [0, 0.05) is 0 Å². The van der Waals surface area contributed by atoms with Crippen molar-refractivity contribution >= 4 is 10.4 Å². The molecule has 1 aromatic rings. The number of aromatic amines is 1. The predicted molar refractivity (Wildman–Crippen MR) is 57.5 cm³/mol. The van der Waals surface area contributed by atoms with Crippen LogP contribution in [0.5, 0.6) is 0 Å². The van der Waals surface area contributed by atoms with Gasteiger partial charge in [0.25, 0.3) is 0 Å². The summed E-state index contributed by atoms with van der Waals surface area (Å²) >= 11 is 0. The number of rotatable bonds is 5. The van der Waals surface area contributed by atoms with Gasteiger partial charge in [-0.15, -0.1) is 0 Å². The third-order valence-corrected chi connectivity index (χ3v) is 1.87. The van der Waals surface area contributed by atoms with Crippen molar-refractivity contribution in [2.75, 3.05) is 0 Å². The summed E-state index contributed by atoms with van der Waals surface area (Å²) < 4.78 is 35.0. The van der Waals surface area contributed by atoms with E-state index in [1.54, 1.807) is 0 Å². The average Bonchev–Trinajstić information content (AvgIpc) is 2.62. The van der Waals surface area contributed by atoms with Gasteiger partial charge in [-0.1, -0.05) is 19.8 Å². The quantitative estimate of drug-likeness (QED) is 0.351. The molecule has 0 unspecified atom stereocenters. The monoisotopic (exact) mass is 250 g/mol. The van der Waals surface area contributed by atoms with Gasteiger partial charge in [-0.3, -0.25) is 9.54 Å². The highest BCUT2D eigenvalue weighted by molar-refractivity contribution is 7.79. The molecule has 1 rings (SSSR count). The summed E-state index contributed by atoms with van der Waals surface area (Å²) in [5.74, 6) is 0. The molecule has 0 saturated carbocycles. The van der Waals surface area contributed by atoms with Crippen LogP contribution in [0.2, 0.25) is 0 Å². The second kappa shape index (κ2) is 8.26. The molecule has 0 spiro atoms. The number of hydrogen-bond acceptors (Lipinski definition) is 3. The summed E-state index contributed by atoms with van der Waals surface area (Å²) in [7, 11) is -4.92. The Hall–Kier alpha value is -0.920. The van der Waals surface area contributed by atoms with Crippen molar-refractivity contribution in [3.63, 3.8) is 0 Å². The van der Waals surface area contributed by atoms with Gasteiger partial charge in [-0.05, 0) is 12.8 Å². The fraction of sp³-hybridized carbons (Fsp3) is 0.667. The predicted octanol–water partition coefficient (Wildman–Crippen LogP) is 0.887. The summed E-state index contributed by atoms with van der Waals surface area (Å²) in [6, 6.07) is 0. The lowest BCUT2D eigenvalue weighted by molar-refractivity contribution is -0.696. The van der Waals surface area contributed by atoms with Crippen LogP contribution >= 0.6 is 0 Å². The van der Waals surface area contributed by atoms with E-state index in [1.807, 2.05) is 12.5 Å². The Morgan fingerprint density at radius 2 is 2.00 bits per heavy atom. The maximum absolute atomic E-state index is 8.63. The summed E-state index contributed by atoms with van der Waals surface area (Å²) in [4.78, 5) is 3.03. The first-order valence-corrected chi connectivity index (χ1v) is 6.50. The Labute approximate surface area is 95.9 Å². The minimum Gasteiger partial charge on any atom is -0.726 e. The third kappa shape index (κ3) is 13.1. The molecule has 1 aromatic heterocycles. The molecule has 2 N–H and O–H groups in total. The molecular weight excluding hydrogens is 232 g/mol. The minimum absolute atomic E-state index is 1.16. The lowest BCUT2D eigenvalue weighted by atomic mass is 10.2. The van der Waals surface area contributed by atoms with Crippen LogP contribution in [0.3, 0.4) is 0 Å². The smallest absolute Gasteiger partial charge is 0.241 e. The van der Waals surface area contributed by atoms with Crippen molar-refractivity contribution in [3.8, 4) is 0 Å². The molecule has 94 valence electrons. The van der Waals surface area contributed by atoms with E-state index >= 15 is 0 Å². The maximum Gasteiger partial charge on any atom is 0.241 e. The zero-order valence-electron chi connectivity index (χ0n) is 9.30. The molecule has 0 amide bonds. The molecule has 0 aliphatic heterocycles. The van der Waals surface area contributed by atoms with Crippen LogP contribution in [0.1, 0.15) is 32.6 Å². The standard InChI is InChI=1S/C9H16N2.H2O4S/c1-2-3-4-5-7-11-8-6-10-9-11;1-5(2,3)4/h6,8-9H,2-5,7H2,1H3;(H2,1,2,3,4). The normalized spacial score (nSPS) is 10.7. The summed E-state index contributed by atoms with van der Waals surface area (Å²) in [6.45, 7) is 3.40. The Balaban J connectivity index is 0.000000385. The van der Waals surface area contributed by atoms with Crippen molar-refractivity contribution in [1.29, 1.82) is 0 Å². The lowest BCUT2D eigenvalue weighted by Gasteiger charge is -1.95. The topological polar surface area (TPSA) is 97.1 Å². The van der Waals surface area contributed by atoms with Gasteiger partial charge in [0.2, 0.25) is 16.7 Å². The zero-order valence-corrected chi connectivity index (χ0v) is 10.1. The second-order valence-electron chi connectivity index (χ2n) is 3.34. The molecule has 0 aromatic carbocycles. The number of nitrogens with one attached hydrogen (secondary N) is 1. The minimum atomic E-state index is -4.92. The van der Waals surface area contributed by atoms with Crippen LogP contribution in [0, 0.1) is 0 Å². The van der Waals surface area contributed by atoms with E-state index < -0.39 is 10.4 Å². The summed E-state index contributed by atoms with van der Waals surface area (Å²) in [5.41, 5.74) is 0. The highest BCUT2D eigenvalue weighted by Gasteiger charge is 1.94. The molecule has 0 atom stereocenters. The number of unbranched alkanes of at least 4 members (excludes halogenated alkanes) is 3. The fourth-order valence-corrected chi connectivity index (χ4v) is 1.18. The first-order valence-electron chi connectivity index (χ1n) is 5.13. The SMILES string of the molecule is CCCCCC[n+]1cc[nH]c1.O=S(=O)([O-])O. The highest BCUT2D eigenvalue weighted by Crippen LogP contribution is 1.97. The van der Waals surface area contributed by atoms with Gasteiger partial charge in [-0.25, -0.2) is 13.0 Å². The van der Waals surface area contributed by atoms with Crippen LogP contribution in [0.25, 0.3) is 0 Å². The Kier molecular flexibility index (Phi) is 7.78. The molecule has 0 saturated heterocycles. The van der Waals surface area contributed by atoms with Crippen molar-refractivity contribution in [2.24, 2.45) is 0 Å². The number of nitrogens with zero attached hydrogens (tertiary/aromatic N) is 1. The van der Waals surface area contributed by atoms with Crippen LogP contribution in [-0.4, -0.2) is 22.5 Å². The van der Waals surface area contributed by atoms with Gasteiger partial charge in [0.15, 0.2) is 0 Å². The molecule has 7 heteroatoms. The first-order chi connectivity index (χ1) is 7.43. The average molecular weight is 250 g/mol. The largest absolute Gasteiger partial charge is 0.726 e. The van der Waals surface area contributed by atoms with Crippen LogP contribution < -0.4 is 4.57 Å². The molecule has 6 nitrogen and oxygen atoms in total. The number of aryl methyl sites for hydroxylation is 1. The van der Waals surface area contributed by atoms with Crippen molar-refractivity contribution < 1.29 is 22.1 Å². The Morgan fingerprint density at radius 3 is 2.44 bits per heavy atom. The van der Waals surface area contributed by atoms with Gasteiger partial charge >= 0.3 is 0 Å². The number of aromatic nitrogens is 2. The first kappa shape index (κ1) is 15.1. The van der Waals surface area contributed by atoms with Crippen LogP contribution in [0.4, 0.5) is 0 Å². The van der Waals surface area contributed by atoms with Crippen molar-refractivity contribution in [1.82, 2.24) is 4.98 Å². The van der Waals surface area contributed by atoms with Gasteiger partial charge < -0.3 is 4.55 Å². The summed E-state index contributed by atoms with van der Waals surface area (Å²) in [5, 5.41) is 0. The van der Waals surface area contributed by atoms with E-state index in [4.69, 9.17) is 17.5 Å². The Bertz CT molecular complexity index is 340. The number of H-pyrrole nitrogens is 1. The van der Waals surface area contributed by atoms with Gasteiger partial charge in [-0.2, -0.15) is 0 Å². The fourth-order valence-electron chi connectivity index (χ4n) is 1.18. The van der Waals surface area contributed by atoms with Gasteiger partial charge in [0.1, 0.15) is 12.4 Å². The number of imidazole rings is 1. The van der Waals surface area contributed by atoms with E-state index in [-0.39, 0.29) is 0 Å². The van der Waals surface area contributed by atoms with E-state index in [0.29, 0.717) is 0 Å². The molecule has 16 heavy (non-hydrogen) atoms. The molecule has 0 aliphatic carbocycles. The molecule has 0 bridgehead atoms. The van der Waals surface area contributed by atoms with Crippen LogP contribution in [-0.2, 0) is 16.9 Å². The van der Waals surface area contributed by atoms with Crippen molar-refractivity contribution in [2.45, 2.75) is 39.2 Å². The van der Waals surface area contributed by atoms with E-state index in [9.17, 15) is 0 Å². The van der Waals surface area contributed by atoms with E-state index in [2.05, 4.69) is 22.7 Å². The zero-order chi connectivity index (χ0) is 12.4. The van der Waals surface area contributed by atoms with Crippen LogP contribution in [0.15, 0.2) is 18.7 Å². The Morgan fingerprint density at radius 1 is 1.38 bits per heavy atom. The van der Waals surface area contributed by atoms with E-state index in [1.165, 1.54) is 25.7 Å². The summed E-state index contributed by atoms with van der Waals surface area (Å²) in [6.07, 6.45) is 11.4. The van der Waals surface area contributed by atoms with E-state index in [0.717, 1.165) is 6.54 Å². The van der Waals surface area contributed by atoms with Crippen molar-refractivity contribution in [3.05, 3.63) is 18.7 Å². The molecule has 0 aliphatic rings. The maximum atomic E-state index is 8.63. The second-order valence-corrected chi connectivity index (χ2v) is 4.19. The molecule has 0 fully saturated rings. The molecular formula is C9H18N2O4S. The highest BCUT2D eigenvalue weighted by atomic mass is 32.3. The molecule has 1 heterocycles. The molecule has 0 radical (unpaired) electrons.